The zero-order chi connectivity index (χ0) is 21.9. The number of aryl methyl sites for hydroxylation is 1. The van der Waals surface area contributed by atoms with Crippen LogP contribution in [-0.2, 0) is 11.2 Å². The van der Waals surface area contributed by atoms with Crippen LogP contribution in [-0.4, -0.2) is 45.5 Å². The van der Waals surface area contributed by atoms with Crippen molar-refractivity contribution in [2.75, 3.05) is 20.2 Å². The van der Waals surface area contributed by atoms with Crippen molar-refractivity contribution in [3.63, 3.8) is 0 Å². The van der Waals surface area contributed by atoms with E-state index >= 15 is 0 Å². The summed E-state index contributed by atoms with van der Waals surface area (Å²) in [4.78, 5) is 24.4. The molecular formula is C26H26N4O2. The molecule has 1 amide bonds. The van der Waals surface area contributed by atoms with Crippen LogP contribution in [0.2, 0.25) is 0 Å². The molecule has 1 fully saturated rings. The Labute approximate surface area is 187 Å². The van der Waals surface area contributed by atoms with Crippen LogP contribution in [0.5, 0.6) is 5.75 Å². The SMILES string of the molecule is COc1ccc(-c2nc3cccnc3n2[C@H]2CCN(C(=O)CCc3ccccc3)C2)cc1. The van der Waals surface area contributed by atoms with E-state index in [0.29, 0.717) is 13.0 Å². The molecule has 0 N–H and O–H groups in total. The number of pyridine rings is 1. The zero-order valence-electron chi connectivity index (χ0n) is 18.1. The van der Waals surface area contributed by atoms with E-state index in [1.54, 1.807) is 13.3 Å². The molecule has 0 spiro atoms. The van der Waals surface area contributed by atoms with Crippen molar-refractivity contribution in [3.8, 4) is 17.1 Å². The van der Waals surface area contributed by atoms with Gasteiger partial charge in [-0.3, -0.25) is 4.79 Å². The molecule has 3 heterocycles. The number of benzene rings is 2. The molecule has 6 nitrogen and oxygen atoms in total. The lowest BCUT2D eigenvalue weighted by atomic mass is 10.1. The lowest BCUT2D eigenvalue weighted by molar-refractivity contribution is -0.130. The van der Waals surface area contributed by atoms with E-state index in [0.717, 1.165) is 47.7 Å². The summed E-state index contributed by atoms with van der Waals surface area (Å²) in [5.41, 5.74) is 3.94. The predicted molar refractivity (Wildman–Crippen MR) is 125 cm³/mol. The lowest BCUT2D eigenvalue weighted by Crippen LogP contribution is -2.29. The highest BCUT2D eigenvalue weighted by Gasteiger charge is 2.30. The quantitative estimate of drug-likeness (QED) is 0.455. The summed E-state index contributed by atoms with van der Waals surface area (Å²) in [5, 5.41) is 0. The monoisotopic (exact) mass is 426 g/mol. The highest BCUT2D eigenvalue weighted by molar-refractivity contribution is 5.79. The number of nitrogens with zero attached hydrogens (tertiary/aromatic N) is 4. The molecule has 162 valence electrons. The molecule has 0 bridgehead atoms. The third-order valence-electron chi connectivity index (χ3n) is 6.15. The molecule has 5 rings (SSSR count). The van der Waals surface area contributed by atoms with Gasteiger partial charge in [0.1, 0.15) is 17.1 Å². The van der Waals surface area contributed by atoms with Crippen molar-refractivity contribution in [3.05, 3.63) is 78.5 Å². The van der Waals surface area contributed by atoms with Crippen LogP contribution < -0.4 is 4.74 Å². The van der Waals surface area contributed by atoms with Crippen molar-refractivity contribution in [2.45, 2.75) is 25.3 Å². The van der Waals surface area contributed by atoms with E-state index < -0.39 is 0 Å². The number of likely N-dealkylation sites (tertiary alicyclic amines) is 1. The zero-order valence-corrected chi connectivity index (χ0v) is 18.1. The van der Waals surface area contributed by atoms with E-state index in [2.05, 4.69) is 21.7 Å². The van der Waals surface area contributed by atoms with Crippen LogP contribution >= 0.6 is 0 Å². The van der Waals surface area contributed by atoms with Gasteiger partial charge in [0.15, 0.2) is 5.65 Å². The second kappa shape index (κ2) is 8.83. The number of aromatic nitrogens is 3. The molecule has 1 saturated heterocycles. The Hall–Kier alpha value is -3.67. The lowest BCUT2D eigenvalue weighted by Gasteiger charge is -2.19. The highest BCUT2D eigenvalue weighted by Crippen LogP contribution is 2.33. The van der Waals surface area contributed by atoms with Gasteiger partial charge in [0.2, 0.25) is 5.91 Å². The third kappa shape index (κ3) is 3.96. The van der Waals surface area contributed by atoms with Crippen LogP contribution in [0.3, 0.4) is 0 Å². The van der Waals surface area contributed by atoms with Crippen molar-refractivity contribution in [2.24, 2.45) is 0 Å². The highest BCUT2D eigenvalue weighted by atomic mass is 16.5. The fourth-order valence-corrected chi connectivity index (χ4v) is 4.45. The summed E-state index contributed by atoms with van der Waals surface area (Å²) in [6, 6.07) is 22.2. The van der Waals surface area contributed by atoms with Crippen molar-refractivity contribution < 1.29 is 9.53 Å². The van der Waals surface area contributed by atoms with Crippen LogP contribution in [0.15, 0.2) is 72.9 Å². The summed E-state index contributed by atoms with van der Waals surface area (Å²) in [6.45, 7) is 1.44. The van der Waals surface area contributed by atoms with Gasteiger partial charge >= 0.3 is 0 Å². The molecule has 2 aromatic heterocycles. The Morgan fingerprint density at radius 3 is 2.66 bits per heavy atom. The summed E-state index contributed by atoms with van der Waals surface area (Å²) >= 11 is 0. The smallest absolute Gasteiger partial charge is 0.222 e. The number of methoxy groups -OCH3 is 1. The molecule has 4 aromatic rings. The molecule has 0 saturated carbocycles. The van der Waals surface area contributed by atoms with E-state index in [4.69, 9.17) is 9.72 Å². The van der Waals surface area contributed by atoms with E-state index in [1.165, 1.54) is 5.56 Å². The van der Waals surface area contributed by atoms with Crippen molar-refractivity contribution >= 4 is 17.1 Å². The second-order valence-corrected chi connectivity index (χ2v) is 8.15. The molecule has 1 aliphatic heterocycles. The summed E-state index contributed by atoms with van der Waals surface area (Å²) < 4.78 is 7.52. The normalized spacial score (nSPS) is 15.9. The average Bonchev–Trinajstić information content (AvgIpc) is 3.48. The molecule has 6 heteroatoms. The fourth-order valence-electron chi connectivity index (χ4n) is 4.45. The van der Waals surface area contributed by atoms with E-state index in [-0.39, 0.29) is 11.9 Å². The molecule has 0 aliphatic carbocycles. The van der Waals surface area contributed by atoms with E-state index in [9.17, 15) is 4.79 Å². The molecule has 1 aliphatic rings. The fraction of sp³-hybridized carbons (Fsp3) is 0.269. The Bertz CT molecular complexity index is 1220. The van der Waals surface area contributed by atoms with Crippen molar-refractivity contribution in [1.82, 2.24) is 19.4 Å². The van der Waals surface area contributed by atoms with Gasteiger partial charge in [0.05, 0.1) is 13.2 Å². The van der Waals surface area contributed by atoms with Gasteiger partial charge in [-0.05, 0) is 54.8 Å². The molecule has 32 heavy (non-hydrogen) atoms. The first kappa shape index (κ1) is 20.2. The largest absolute Gasteiger partial charge is 0.497 e. The number of carbonyl (C=O) groups is 1. The number of ether oxygens (including phenoxy) is 1. The maximum Gasteiger partial charge on any atom is 0.222 e. The van der Waals surface area contributed by atoms with Crippen LogP contribution in [0.1, 0.15) is 24.4 Å². The van der Waals surface area contributed by atoms with Gasteiger partial charge in [0.25, 0.3) is 0 Å². The molecule has 1 atom stereocenters. The third-order valence-corrected chi connectivity index (χ3v) is 6.15. The topological polar surface area (TPSA) is 60.3 Å². The first-order chi connectivity index (χ1) is 15.7. The number of hydrogen-bond donors (Lipinski definition) is 0. The minimum atomic E-state index is 0.146. The average molecular weight is 427 g/mol. The first-order valence-corrected chi connectivity index (χ1v) is 11.0. The number of rotatable bonds is 6. The minimum absolute atomic E-state index is 0.146. The Balaban J connectivity index is 1.39. The summed E-state index contributed by atoms with van der Waals surface area (Å²) in [6.07, 6.45) is 4.00. The van der Waals surface area contributed by atoms with Gasteiger partial charge in [-0.25, -0.2) is 9.97 Å². The first-order valence-electron chi connectivity index (χ1n) is 11.0. The van der Waals surface area contributed by atoms with Gasteiger partial charge in [0, 0.05) is 31.3 Å². The number of hydrogen-bond acceptors (Lipinski definition) is 4. The predicted octanol–water partition coefficient (Wildman–Crippen LogP) is 4.51. The van der Waals surface area contributed by atoms with Gasteiger partial charge in [-0.2, -0.15) is 0 Å². The van der Waals surface area contributed by atoms with Gasteiger partial charge < -0.3 is 14.2 Å². The summed E-state index contributed by atoms with van der Waals surface area (Å²) in [5.74, 6) is 1.90. The maximum absolute atomic E-state index is 12.9. The number of carbonyl (C=O) groups excluding carboxylic acids is 1. The second-order valence-electron chi connectivity index (χ2n) is 8.15. The number of amides is 1. The Morgan fingerprint density at radius 2 is 1.88 bits per heavy atom. The van der Waals surface area contributed by atoms with Crippen LogP contribution in [0, 0.1) is 0 Å². The standard InChI is InChI=1S/C26H26N4O2/c1-32-22-12-10-20(11-13-22)25-28-23-8-5-16-27-26(23)30(25)21-15-17-29(18-21)24(31)14-9-19-6-3-2-4-7-19/h2-8,10-13,16,21H,9,14-15,17-18H2,1H3/t21-/m0/s1. The van der Waals surface area contributed by atoms with Crippen LogP contribution in [0.4, 0.5) is 0 Å². The van der Waals surface area contributed by atoms with Crippen LogP contribution in [0.25, 0.3) is 22.6 Å². The minimum Gasteiger partial charge on any atom is -0.497 e. The Kier molecular flexibility index (Phi) is 5.58. The summed E-state index contributed by atoms with van der Waals surface area (Å²) in [7, 11) is 1.66. The van der Waals surface area contributed by atoms with E-state index in [1.807, 2.05) is 59.5 Å². The maximum atomic E-state index is 12.9. The Morgan fingerprint density at radius 1 is 1.06 bits per heavy atom. The molecule has 0 radical (unpaired) electrons. The number of imidazole rings is 1. The molecule has 2 aromatic carbocycles. The van der Waals surface area contributed by atoms with Gasteiger partial charge in [-0.15, -0.1) is 0 Å². The van der Waals surface area contributed by atoms with Gasteiger partial charge in [-0.1, -0.05) is 30.3 Å². The molecular weight excluding hydrogens is 400 g/mol. The number of fused-ring (bicyclic) bond motifs is 1. The van der Waals surface area contributed by atoms with Crippen molar-refractivity contribution in [1.29, 1.82) is 0 Å². The molecule has 0 unspecified atom stereocenters.